The number of halogens is 1. The molecule has 0 fully saturated rings. The second kappa shape index (κ2) is 4.61. The van der Waals surface area contributed by atoms with Gasteiger partial charge in [-0.2, -0.15) is 0 Å². The SMILES string of the molecule is S=c1ccc2[nH]cc(Nc3nc4ccc(Cl)cc4[nH]3)c2[nH]1. The van der Waals surface area contributed by atoms with Crippen molar-refractivity contribution in [2.24, 2.45) is 0 Å². The minimum atomic E-state index is 0.649. The highest BCUT2D eigenvalue weighted by Crippen LogP contribution is 2.25. The summed E-state index contributed by atoms with van der Waals surface area (Å²) >= 11 is 11.1. The minimum absolute atomic E-state index is 0.649. The van der Waals surface area contributed by atoms with Crippen LogP contribution < -0.4 is 5.32 Å². The van der Waals surface area contributed by atoms with Gasteiger partial charge in [-0.15, -0.1) is 0 Å². The van der Waals surface area contributed by atoms with E-state index in [2.05, 4.69) is 25.3 Å². The van der Waals surface area contributed by atoms with Gasteiger partial charge in [-0.25, -0.2) is 4.98 Å². The highest BCUT2D eigenvalue weighted by Gasteiger charge is 2.07. The zero-order valence-electron chi connectivity index (χ0n) is 10.7. The van der Waals surface area contributed by atoms with Crippen molar-refractivity contribution < 1.29 is 0 Å². The van der Waals surface area contributed by atoms with Gasteiger partial charge in [0.05, 0.1) is 27.8 Å². The van der Waals surface area contributed by atoms with Gasteiger partial charge in [-0.05, 0) is 30.3 Å². The molecule has 4 aromatic rings. The van der Waals surface area contributed by atoms with E-state index in [9.17, 15) is 0 Å². The van der Waals surface area contributed by atoms with Crippen LogP contribution in [0.5, 0.6) is 0 Å². The van der Waals surface area contributed by atoms with Crippen molar-refractivity contribution in [1.29, 1.82) is 0 Å². The smallest absolute Gasteiger partial charge is 0.205 e. The molecule has 1 aromatic carbocycles. The zero-order chi connectivity index (χ0) is 14.4. The number of rotatable bonds is 2. The third-order valence-electron chi connectivity index (χ3n) is 3.26. The van der Waals surface area contributed by atoms with Gasteiger partial charge in [-0.1, -0.05) is 23.8 Å². The number of anilines is 2. The summed E-state index contributed by atoms with van der Waals surface area (Å²) < 4.78 is 0.682. The molecule has 0 saturated heterocycles. The van der Waals surface area contributed by atoms with E-state index >= 15 is 0 Å². The molecule has 0 bridgehead atoms. The van der Waals surface area contributed by atoms with Crippen molar-refractivity contribution in [3.05, 3.63) is 46.2 Å². The number of aromatic nitrogens is 4. The van der Waals surface area contributed by atoms with Gasteiger partial charge < -0.3 is 20.3 Å². The largest absolute Gasteiger partial charge is 0.358 e. The molecule has 0 unspecified atom stereocenters. The summed E-state index contributed by atoms with van der Waals surface area (Å²) in [5.41, 5.74) is 4.51. The van der Waals surface area contributed by atoms with Crippen LogP contribution in [0.4, 0.5) is 11.6 Å². The molecule has 21 heavy (non-hydrogen) atoms. The summed E-state index contributed by atoms with van der Waals surface area (Å²) in [6.45, 7) is 0. The molecule has 0 aliphatic rings. The molecule has 0 saturated carbocycles. The number of H-pyrrole nitrogens is 3. The van der Waals surface area contributed by atoms with Gasteiger partial charge in [0.15, 0.2) is 0 Å². The standard InChI is InChI=1S/C14H10ClN5S/c15-7-1-2-8-10(5-7)18-14(17-8)19-11-6-16-9-3-4-12(21)20-13(9)11/h1-6,16H,(H,20,21)(H2,17,18,19). The Kier molecular flexibility index (Phi) is 2.73. The molecular weight excluding hydrogens is 306 g/mol. The number of fused-ring (bicyclic) bond motifs is 2. The van der Waals surface area contributed by atoms with Crippen LogP contribution >= 0.6 is 23.8 Å². The monoisotopic (exact) mass is 315 g/mol. The first kappa shape index (κ1) is 12.4. The van der Waals surface area contributed by atoms with Crippen molar-refractivity contribution in [1.82, 2.24) is 19.9 Å². The Morgan fingerprint density at radius 1 is 1.10 bits per heavy atom. The number of benzene rings is 1. The van der Waals surface area contributed by atoms with Crippen molar-refractivity contribution in [3.8, 4) is 0 Å². The number of hydrogen-bond donors (Lipinski definition) is 4. The zero-order valence-corrected chi connectivity index (χ0v) is 12.3. The van der Waals surface area contributed by atoms with E-state index in [0.29, 0.717) is 15.6 Å². The van der Waals surface area contributed by atoms with Gasteiger partial charge in [0.1, 0.15) is 4.64 Å². The predicted octanol–water partition coefficient (Wildman–Crippen LogP) is 4.50. The molecule has 3 aromatic heterocycles. The van der Waals surface area contributed by atoms with Crippen LogP contribution in [0.15, 0.2) is 36.5 Å². The van der Waals surface area contributed by atoms with Crippen LogP contribution in [0.3, 0.4) is 0 Å². The molecule has 0 radical (unpaired) electrons. The van der Waals surface area contributed by atoms with Gasteiger partial charge in [-0.3, -0.25) is 0 Å². The number of aromatic amines is 3. The fourth-order valence-corrected chi connectivity index (χ4v) is 2.64. The molecule has 4 N–H and O–H groups in total. The molecular formula is C14H10ClN5S. The Labute approximate surface area is 129 Å². The predicted molar refractivity (Wildman–Crippen MR) is 87.9 cm³/mol. The first-order valence-electron chi connectivity index (χ1n) is 6.32. The molecule has 0 atom stereocenters. The Bertz CT molecular complexity index is 1010. The molecule has 4 rings (SSSR count). The molecule has 0 aliphatic heterocycles. The summed E-state index contributed by atoms with van der Waals surface area (Å²) in [5, 5.41) is 3.92. The molecule has 0 spiro atoms. The fraction of sp³-hybridized carbons (Fsp3) is 0. The lowest BCUT2D eigenvalue weighted by atomic mass is 10.3. The van der Waals surface area contributed by atoms with E-state index in [1.807, 2.05) is 36.5 Å². The highest BCUT2D eigenvalue weighted by molar-refractivity contribution is 7.71. The Morgan fingerprint density at radius 3 is 2.90 bits per heavy atom. The summed E-state index contributed by atoms with van der Waals surface area (Å²) in [5.74, 6) is 0.649. The minimum Gasteiger partial charge on any atom is -0.358 e. The Morgan fingerprint density at radius 2 is 2.00 bits per heavy atom. The molecule has 0 aliphatic carbocycles. The van der Waals surface area contributed by atoms with E-state index in [0.717, 1.165) is 27.8 Å². The van der Waals surface area contributed by atoms with Crippen molar-refractivity contribution in [2.45, 2.75) is 0 Å². The highest BCUT2D eigenvalue weighted by atomic mass is 35.5. The lowest BCUT2D eigenvalue weighted by Crippen LogP contribution is -1.91. The normalized spacial score (nSPS) is 11.3. The number of nitrogens with one attached hydrogen (secondary N) is 4. The van der Waals surface area contributed by atoms with E-state index < -0.39 is 0 Å². The lowest BCUT2D eigenvalue weighted by Gasteiger charge is -2.00. The summed E-state index contributed by atoms with van der Waals surface area (Å²) in [6, 6.07) is 9.33. The topological polar surface area (TPSA) is 72.3 Å². The van der Waals surface area contributed by atoms with Crippen LogP contribution in [0.2, 0.25) is 5.02 Å². The van der Waals surface area contributed by atoms with Crippen molar-refractivity contribution in [2.75, 3.05) is 5.32 Å². The summed E-state index contributed by atoms with van der Waals surface area (Å²) in [4.78, 5) is 14.0. The first-order valence-corrected chi connectivity index (χ1v) is 7.10. The fourth-order valence-electron chi connectivity index (χ4n) is 2.30. The number of nitrogens with zero attached hydrogens (tertiary/aromatic N) is 1. The third kappa shape index (κ3) is 2.18. The quantitative estimate of drug-likeness (QED) is 0.412. The maximum atomic E-state index is 5.98. The number of hydrogen-bond acceptors (Lipinski definition) is 3. The molecule has 104 valence electrons. The second-order valence-electron chi connectivity index (χ2n) is 4.69. The maximum absolute atomic E-state index is 5.98. The van der Waals surface area contributed by atoms with E-state index in [1.54, 1.807) is 0 Å². The van der Waals surface area contributed by atoms with Gasteiger partial charge >= 0.3 is 0 Å². The molecule has 0 amide bonds. The van der Waals surface area contributed by atoms with Crippen molar-refractivity contribution >= 4 is 57.5 Å². The van der Waals surface area contributed by atoms with Crippen LogP contribution in [0.1, 0.15) is 0 Å². The van der Waals surface area contributed by atoms with E-state index in [-0.39, 0.29) is 0 Å². The third-order valence-corrected chi connectivity index (χ3v) is 3.73. The van der Waals surface area contributed by atoms with E-state index in [1.165, 1.54) is 0 Å². The molecule has 3 heterocycles. The van der Waals surface area contributed by atoms with Crippen LogP contribution in [0, 0.1) is 4.64 Å². The van der Waals surface area contributed by atoms with Gasteiger partial charge in [0, 0.05) is 11.2 Å². The summed E-state index contributed by atoms with van der Waals surface area (Å²) in [6.07, 6.45) is 1.87. The number of imidazole rings is 1. The maximum Gasteiger partial charge on any atom is 0.205 e. The second-order valence-corrected chi connectivity index (χ2v) is 5.56. The lowest BCUT2D eigenvalue weighted by molar-refractivity contribution is 1.31. The van der Waals surface area contributed by atoms with Gasteiger partial charge in [0.25, 0.3) is 0 Å². The van der Waals surface area contributed by atoms with Crippen LogP contribution in [0.25, 0.3) is 22.1 Å². The molecule has 7 heteroatoms. The van der Waals surface area contributed by atoms with Gasteiger partial charge in [0.2, 0.25) is 5.95 Å². The van der Waals surface area contributed by atoms with Crippen LogP contribution in [-0.4, -0.2) is 19.9 Å². The Hall–Kier alpha value is -2.31. The summed E-state index contributed by atoms with van der Waals surface area (Å²) in [7, 11) is 0. The average molecular weight is 316 g/mol. The Balaban J connectivity index is 1.78. The average Bonchev–Trinajstić information content (AvgIpc) is 3.02. The first-order chi connectivity index (χ1) is 10.2. The van der Waals surface area contributed by atoms with Crippen molar-refractivity contribution in [3.63, 3.8) is 0 Å². The molecule has 5 nitrogen and oxygen atoms in total. The van der Waals surface area contributed by atoms with Crippen LogP contribution in [-0.2, 0) is 0 Å². The van der Waals surface area contributed by atoms with E-state index in [4.69, 9.17) is 23.8 Å². The number of pyridine rings is 1.